The fraction of sp³-hybridized carbons (Fsp3) is 0.364. The maximum atomic E-state index is 12.5. The van der Waals surface area contributed by atoms with Gasteiger partial charge < -0.3 is 15.5 Å². The first-order chi connectivity index (χ1) is 12.8. The van der Waals surface area contributed by atoms with Gasteiger partial charge in [-0.2, -0.15) is 0 Å². The molecule has 0 fully saturated rings. The number of anilines is 3. The highest BCUT2D eigenvalue weighted by Crippen LogP contribution is 2.30. The van der Waals surface area contributed by atoms with Crippen molar-refractivity contribution in [1.82, 2.24) is 0 Å². The molecule has 0 bridgehead atoms. The summed E-state index contributed by atoms with van der Waals surface area (Å²) < 4.78 is 0. The van der Waals surface area contributed by atoms with Gasteiger partial charge in [0.2, 0.25) is 11.8 Å². The predicted octanol–water partition coefficient (Wildman–Crippen LogP) is 4.16. The van der Waals surface area contributed by atoms with Crippen LogP contribution in [0.4, 0.5) is 17.1 Å². The van der Waals surface area contributed by atoms with Crippen LogP contribution in [-0.4, -0.2) is 24.4 Å². The van der Waals surface area contributed by atoms with E-state index in [1.165, 1.54) is 5.56 Å². The summed E-state index contributed by atoms with van der Waals surface area (Å²) in [4.78, 5) is 25.9. The third kappa shape index (κ3) is 4.30. The number of carbonyl (C=O) groups is 2. The van der Waals surface area contributed by atoms with Gasteiger partial charge in [0.05, 0.1) is 0 Å². The monoisotopic (exact) mass is 365 g/mol. The first-order valence-corrected chi connectivity index (χ1v) is 9.43. The second-order valence-corrected chi connectivity index (χ2v) is 7.40. The van der Waals surface area contributed by atoms with Crippen LogP contribution < -0.4 is 15.5 Å². The molecule has 0 spiro atoms. The average molecular weight is 365 g/mol. The summed E-state index contributed by atoms with van der Waals surface area (Å²) in [5, 5.41) is 6.20. The third-order valence-corrected chi connectivity index (χ3v) is 4.98. The van der Waals surface area contributed by atoms with E-state index in [1.807, 2.05) is 49.4 Å². The lowest BCUT2D eigenvalue weighted by atomic mass is 10.0. The molecular weight excluding hydrogens is 338 g/mol. The average Bonchev–Trinajstić information content (AvgIpc) is 3.05. The number of nitrogens with one attached hydrogen (secondary N) is 2. The summed E-state index contributed by atoms with van der Waals surface area (Å²) in [6.07, 6.45) is 0.840. The second-order valence-electron chi connectivity index (χ2n) is 7.40. The van der Waals surface area contributed by atoms with Crippen LogP contribution in [0, 0.1) is 0 Å². The maximum absolute atomic E-state index is 12.5. The minimum atomic E-state index is -0.377. The first-order valence-electron chi connectivity index (χ1n) is 9.43. The maximum Gasteiger partial charge on any atom is 0.246 e. The first kappa shape index (κ1) is 19.0. The fourth-order valence-electron chi connectivity index (χ4n) is 3.34. The Morgan fingerprint density at radius 1 is 1.00 bits per heavy atom. The zero-order valence-corrected chi connectivity index (χ0v) is 16.4. The number of nitrogens with zero attached hydrogens (tertiary/aromatic N) is 1. The van der Waals surface area contributed by atoms with E-state index in [9.17, 15) is 9.59 Å². The Labute approximate surface area is 160 Å². The number of hydrogen-bond acceptors (Lipinski definition) is 3. The van der Waals surface area contributed by atoms with Crippen LogP contribution in [0.1, 0.15) is 44.7 Å². The molecule has 1 aliphatic rings. The Kier molecular flexibility index (Phi) is 5.49. The van der Waals surface area contributed by atoms with Crippen LogP contribution in [0.2, 0.25) is 0 Å². The predicted molar refractivity (Wildman–Crippen MR) is 110 cm³/mol. The molecule has 0 radical (unpaired) electrons. The van der Waals surface area contributed by atoms with Gasteiger partial charge in [0.25, 0.3) is 0 Å². The Hall–Kier alpha value is -2.82. The molecule has 142 valence electrons. The van der Waals surface area contributed by atoms with Gasteiger partial charge in [0.15, 0.2) is 0 Å². The van der Waals surface area contributed by atoms with E-state index in [0.717, 1.165) is 35.6 Å². The third-order valence-electron chi connectivity index (χ3n) is 4.98. The number of rotatable bonds is 5. The van der Waals surface area contributed by atoms with Crippen LogP contribution in [0.5, 0.6) is 0 Å². The van der Waals surface area contributed by atoms with Crippen LogP contribution >= 0.6 is 0 Å². The molecule has 0 saturated heterocycles. The number of carbonyl (C=O) groups excluding carboxylic acids is 2. The molecule has 0 saturated carbocycles. The molecule has 5 heteroatoms. The van der Waals surface area contributed by atoms with Crippen molar-refractivity contribution in [3.63, 3.8) is 0 Å². The van der Waals surface area contributed by atoms with Crippen LogP contribution in [0.3, 0.4) is 0 Å². The molecule has 5 nitrogen and oxygen atoms in total. The number of fused-ring (bicyclic) bond motifs is 1. The molecule has 0 unspecified atom stereocenters. The highest BCUT2D eigenvalue weighted by molar-refractivity contribution is 5.97. The van der Waals surface area contributed by atoms with E-state index in [2.05, 4.69) is 24.5 Å². The van der Waals surface area contributed by atoms with Crippen molar-refractivity contribution in [2.75, 3.05) is 22.1 Å². The molecule has 2 N–H and O–H groups in total. The van der Waals surface area contributed by atoms with Gasteiger partial charge in [-0.15, -0.1) is 0 Å². The summed E-state index contributed by atoms with van der Waals surface area (Å²) in [7, 11) is 0. The standard InChI is InChI=1S/C22H27N3O2/c1-14(2)17-5-7-19(8-6-17)24-22(27)15(3)23-20-9-10-21-18(13-20)11-12-25(21)16(4)26/h5-10,13-15,23H,11-12H2,1-4H3,(H,24,27)/t15-/m0/s1. The second kappa shape index (κ2) is 7.82. The molecule has 1 atom stereocenters. The molecule has 0 aromatic heterocycles. The van der Waals surface area contributed by atoms with Crippen LogP contribution in [-0.2, 0) is 16.0 Å². The van der Waals surface area contributed by atoms with Gasteiger partial charge in [0.1, 0.15) is 6.04 Å². The quantitative estimate of drug-likeness (QED) is 0.836. The molecule has 2 aromatic rings. The van der Waals surface area contributed by atoms with E-state index in [0.29, 0.717) is 5.92 Å². The Balaban J connectivity index is 1.62. The SMILES string of the molecule is CC(=O)N1CCc2cc(N[C@@H](C)C(=O)Nc3ccc(C(C)C)cc3)ccc21. The summed E-state index contributed by atoms with van der Waals surface area (Å²) >= 11 is 0. The van der Waals surface area contributed by atoms with Crippen molar-refractivity contribution >= 4 is 28.9 Å². The molecule has 3 rings (SSSR count). The molecule has 1 heterocycles. The van der Waals surface area contributed by atoms with Crippen molar-refractivity contribution < 1.29 is 9.59 Å². The molecular formula is C22H27N3O2. The van der Waals surface area contributed by atoms with Gasteiger partial charge in [-0.3, -0.25) is 9.59 Å². The van der Waals surface area contributed by atoms with Gasteiger partial charge in [-0.1, -0.05) is 26.0 Å². The zero-order valence-electron chi connectivity index (χ0n) is 16.4. The number of benzene rings is 2. The van der Waals surface area contributed by atoms with E-state index in [4.69, 9.17) is 0 Å². The molecule has 27 heavy (non-hydrogen) atoms. The highest BCUT2D eigenvalue weighted by atomic mass is 16.2. The van der Waals surface area contributed by atoms with Gasteiger partial charge in [-0.05, 0) is 60.7 Å². The topological polar surface area (TPSA) is 61.4 Å². The minimum Gasteiger partial charge on any atom is -0.374 e. The van der Waals surface area contributed by atoms with Crippen LogP contribution in [0.15, 0.2) is 42.5 Å². The normalized spacial score (nSPS) is 14.0. The van der Waals surface area contributed by atoms with Gasteiger partial charge in [-0.25, -0.2) is 0 Å². The molecule has 2 amide bonds. The number of amides is 2. The van der Waals surface area contributed by atoms with Crippen molar-refractivity contribution in [2.24, 2.45) is 0 Å². The fourth-order valence-corrected chi connectivity index (χ4v) is 3.34. The summed E-state index contributed by atoms with van der Waals surface area (Å²) in [6, 6.07) is 13.5. The summed E-state index contributed by atoms with van der Waals surface area (Å²) in [5.41, 5.74) is 5.03. The minimum absolute atomic E-state index is 0.0608. The molecule has 2 aromatic carbocycles. The molecule has 0 aliphatic carbocycles. The van der Waals surface area contributed by atoms with Crippen LogP contribution in [0.25, 0.3) is 0 Å². The van der Waals surface area contributed by atoms with E-state index in [1.54, 1.807) is 11.8 Å². The lowest BCUT2D eigenvalue weighted by molar-refractivity contribution is -0.117. The van der Waals surface area contributed by atoms with Crippen molar-refractivity contribution in [2.45, 2.75) is 46.1 Å². The number of hydrogen-bond donors (Lipinski definition) is 2. The van der Waals surface area contributed by atoms with Gasteiger partial charge >= 0.3 is 0 Å². The van der Waals surface area contributed by atoms with Crippen molar-refractivity contribution in [1.29, 1.82) is 0 Å². The Morgan fingerprint density at radius 3 is 2.30 bits per heavy atom. The van der Waals surface area contributed by atoms with Gasteiger partial charge in [0, 0.05) is 30.5 Å². The van der Waals surface area contributed by atoms with Crippen molar-refractivity contribution in [3.05, 3.63) is 53.6 Å². The zero-order chi connectivity index (χ0) is 19.6. The Morgan fingerprint density at radius 2 is 1.67 bits per heavy atom. The largest absolute Gasteiger partial charge is 0.374 e. The van der Waals surface area contributed by atoms with E-state index in [-0.39, 0.29) is 17.9 Å². The Bertz CT molecular complexity index is 843. The summed E-state index contributed by atoms with van der Waals surface area (Å²) in [6.45, 7) is 8.43. The van der Waals surface area contributed by atoms with E-state index >= 15 is 0 Å². The highest BCUT2D eigenvalue weighted by Gasteiger charge is 2.22. The van der Waals surface area contributed by atoms with Crippen molar-refractivity contribution in [3.8, 4) is 0 Å². The van der Waals surface area contributed by atoms with E-state index < -0.39 is 0 Å². The smallest absolute Gasteiger partial charge is 0.246 e. The molecule has 1 aliphatic heterocycles. The lowest BCUT2D eigenvalue weighted by Gasteiger charge is -2.18. The lowest BCUT2D eigenvalue weighted by Crippen LogP contribution is -2.31. The summed E-state index contributed by atoms with van der Waals surface area (Å²) in [5.74, 6) is 0.443.